The molecule has 0 saturated carbocycles. The zero-order valence-electron chi connectivity index (χ0n) is 23.4. The van der Waals surface area contributed by atoms with E-state index >= 15 is 0 Å². The molecule has 4 unspecified atom stereocenters. The van der Waals surface area contributed by atoms with E-state index in [9.17, 15) is 0 Å². The predicted octanol–water partition coefficient (Wildman–Crippen LogP) is 9.44. The molecule has 5 aromatic carbocycles. The first-order chi connectivity index (χ1) is 20.7. The molecule has 3 heteroatoms. The van der Waals surface area contributed by atoms with Crippen LogP contribution in [0.1, 0.15) is 41.5 Å². The Kier molecular flexibility index (Phi) is 4.98. The van der Waals surface area contributed by atoms with Crippen molar-refractivity contribution in [2.45, 2.75) is 24.7 Å². The Morgan fingerprint density at radius 2 is 1.45 bits per heavy atom. The van der Waals surface area contributed by atoms with Gasteiger partial charge < -0.3 is 4.74 Å². The van der Waals surface area contributed by atoms with Crippen molar-refractivity contribution in [3.05, 3.63) is 156 Å². The molecule has 1 aromatic heterocycles. The Balaban J connectivity index is 1.31. The van der Waals surface area contributed by atoms with E-state index in [2.05, 4.69) is 145 Å². The van der Waals surface area contributed by atoms with Crippen molar-refractivity contribution < 1.29 is 4.74 Å². The molecule has 9 rings (SSSR count). The lowest BCUT2D eigenvalue weighted by molar-refractivity contribution is 0.286. The van der Waals surface area contributed by atoms with Gasteiger partial charge in [0.05, 0.1) is 16.4 Å². The first-order valence-corrected chi connectivity index (χ1v) is 15.0. The molecule has 0 radical (unpaired) electrons. The maximum Gasteiger partial charge on any atom is 0.145 e. The van der Waals surface area contributed by atoms with Crippen LogP contribution in [0.5, 0.6) is 11.5 Å². The number of allylic oxidation sites excluding steroid dienone is 2. The third kappa shape index (κ3) is 3.14. The minimum atomic E-state index is -0.275. The highest BCUT2D eigenvalue weighted by Crippen LogP contribution is 2.65. The van der Waals surface area contributed by atoms with Crippen LogP contribution in [0.4, 0.5) is 0 Å². The number of aromatic nitrogens is 2. The third-order valence-corrected chi connectivity index (χ3v) is 9.78. The number of hydrogen-bond donors (Lipinski definition) is 0. The van der Waals surface area contributed by atoms with E-state index in [0.717, 1.165) is 46.0 Å². The second-order valence-corrected chi connectivity index (χ2v) is 12.0. The second kappa shape index (κ2) is 8.80. The molecule has 3 aliphatic rings. The number of benzene rings is 5. The van der Waals surface area contributed by atoms with E-state index in [4.69, 9.17) is 9.72 Å². The van der Waals surface area contributed by atoms with Gasteiger partial charge in [-0.1, -0.05) is 104 Å². The van der Waals surface area contributed by atoms with Crippen LogP contribution in [0.25, 0.3) is 28.1 Å². The van der Waals surface area contributed by atoms with Crippen LogP contribution in [0.2, 0.25) is 0 Å². The van der Waals surface area contributed by atoms with Crippen LogP contribution in [-0.2, 0) is 5.41 Å². The summed E-state index contributed by atoms with van der Waals surface area (Å²) in [7, 11) is 0. The highest BCUT2D eigenvalue weighted by Gasteiger charge is 2.57. The van der Waals surface area contributed by atoms with Crippen LogP contribution in [0, 0.1) is 11.8 Å². The number of imidazole rings is 1. The molecule has 1 spiro atoms. The summed E-state index contributed by atoms with van der Waals surface area (Å²) < 4.78 is 9.07. The topological polar surface area (TPSA) is 27.1 Å². The van der Waals surface area contributed by atoms with Crippen molar-refractivity contribution >= 4 is 11.0 Å². The Morgan fingerprint density at radius 3 is 2.36 bits per heavy atom. The molecule has 6 aromatic rings. The lowest BCUT2D eigenvalue weighted by atomic mass is 9.59. The van der Waals surface area contributed by atoms with Gasteiger partial charge in [-0.2, -0.15) is 0 Å². The Hall–Kier alpha value is -4.89. The lowest BCUT2D eigenvalue weighted by Crippen LogP contribution is -2.39. The summed E-state index contributed by atoms with van der Waals surface area (Å²) in [5.74, 6) is 4.13. The summed E-state index contributed by atoms with van der Waals surface area (Å²) in [5, 5.41) is 0. The van der Waals surface area contributed by atoms with Gasteiger partial charge in [-0.05, 0) is 65.8 Å². The fourth-order valence-corrected chi connectivity index (χ4v) is 8.15. The van der Waals surface area contributed by atoms with E-state index in [0.29, 0.717) is 17.8 Å². The smallest absolute Gasteiger partial charge is 0.145 e. The minimum Gasteiger partial charge on any atom is -0.457 e. The maximum atomic E-state index is 6.81. The molecule has 1 aliphatic heterocycles. The van der Waals surface area contributed by atoms with Crippen LogP contribution in [0.15, 0.2) is 133 Å². The summed E-state index contributed by atoms with van der Waals surface area (Å²) >= 11 is 0. The van der Waals surface area contributed by atoms with Gasteiger partial charge in [0.15, 0.2) is 0 Å². The summed E-state index contributed by atoms with van der Waals surface area (Å²) in [6.45, 7) is 2.35. The van der Waals surface area contributed by atoms with Gasteiger partial charge in [-0.25, -0.2) is 4.98 Å². The highest BCUT2D eigenvalue weighted by molar-refractivity contribution is 5.84. The van der Waals surface area contributed by atoms with E-state index in [1.54, 1.807) is 0 Å². The first kappa shape index (κ1) is 23.8. The second-order valence-electron chi connectivity index (χ2n) is 12.0. The van der Waals surface area contributed by atoms with Gasteiger partial charge in [0.25, 0.3) is 0 Å². The van der Waals surface area contributed by atoms with E-state index in [-0.39, 0.29) is 5.41 Å². The van der Waals surface area contributed by atoms with Crippen LogP contribution >= 0.6 is 0 Å². The zero-order valence-corrected chi connectivity index (χ0v) is 23.4. The normalized spacial score (nSPS) is 23.2. The quantitative estimate of drug-likeness (QED) is 0.204. The average molecular weight is 543 g/mol. The fourth-order valence-electron chi connectivity index (χ4n) is 8.15. The number of rotatable bonds is 2. The van der Waals surface area contributed by atoms with E-state index < -0.39 is 0 Å². The van der Waals surface area contributed by atoms with Crippen LogP contribution < -0.4 is 4.74 Å². The van der Waals surface area contributed by atoms with Gasteiger partial charge in [0.1, 0.15) is 17.3 Å². The Bertz CT molecular complexity index is 2040. The largest absolute Gasteiger partial charge is 0.457 e. The SMILES string of the molecule is CC1C=CC2c3ccccc3C3(c4ccccc4Oc4cc(-c5nc6ccccc6n5-c5ccccc5)ccc43)C2C1. The molecule has 3 nitrogen and oxygen atoms in total. The lowest BCUT2D eigenvalue weighted by Gasteiger charge is -2.45. The third-order valence-electron chi connectivity index (χ3n) is 9.78. The van der Waals surface area contributed by atoms with Crippen LogP contribution in [-0.4, -0.2) is 9.55 Å². The standard InChI is InChI=1S/C39H30N2O/c1-25-19-21-29-28-13-5-6-14-30(28)39(33(29)23-25)31-15-7-10-18-36(31)42-37-24-26(20-22-32(37)39)38-40-34-16-8-9-17-35(34)41(38)27-11-3-2-4-12-27/h2-22,24-25,29,33H,23H2,1H3. The molecule has 0 N–H and O–H groups in total. The number of nitrogens with zero attached hydrogens (tertiary/aromatic N) is 2. The summed E-state index contributed by atoms with van der Waals surface area (Å²) in [4.78, 5) is 5.15. The molecule has 2 heterocycles. The number of hydrogen-bond acceptors (Lipinski definition) is 2. The fraction of sp³-hybridized carbons (Fsp3) is 0.154. The molecular weight excluding hydrogens is 512 g/mol. The van der Waals surface area contributed by atoms with Gasteiger partial charge in [0, 0.05) is 28.3 Å². The van der Waals surface area contributed by atoms with Crippen molar-refractivity contribution in [2.75, 3.05) is 0 Å². The molecular formula is C39H30N2O. The molecule has 0 fully saturated rings. The number of fused-ring (bicyclic) bond motifs is 10. The molecule has 0 bridgehead atoms. The maximum absolute atomic E-state index is 6.81. The Morgan fingerprint density at radius 1 is 0.714 bits per heavy atom. The van der Waals surface area contributed by atoms with Crippen molar-refractivity contribution in [1.29, 1.82) is 0 Å². The van der Waals surface area contributed by atoms with Crippen molar-refractivity contribution in [1.82, 2.24) is 9.55 Å². The minimum absolute atomic E-state index is 0.275. The first-order valence-electron chi connectivity index (χ1n) is 15.0. The molecule has 4 atom stereocenters. The molecule has 42 heavy (non-hydrogen) atoms. The predicted molar refractivity (Wildman–Crippen MR) is 168 cm³/mol. The van der Waals surface area contributed by atoms with Gasteiger partial charge in [0.2, 0.25) is 0 Å². The summed E-state index contributed by atoms with van der Waals surface area (Å²) in [6.07, 6.45) is 6.02. The highest BCUT2D eigenvalue weighted by atomic mass is 16.5. The van der Waals surface area contributed by atoms with E-state index in [1.165, 1.54) is 22.3 Å². The zero-order chi connectivity index (χ0) is 27.8. The summed E-state index contributed by atoms with van der Waals surface area (Å²) in [5.41, 5.74) is 9.34. The van der Waals surface area contributed by atoms with Crippen molar-refractivity contribution in [2.24, 2.45) is 11.8 Å². The Labute approximate surface area is 245 Å². The summed E-state index contributed by atoms with van der Waals surface area (Å²) in [6, 6.07) is 43.5. The van der Waals surface area contributed by atoms with E-state index in [1.807, 2.05) is 0 Å². The van der Waals surface area contributed by atoms with Crippen molar-refractivity contribution in [3.8, 4) is 28.6 Å². The van der Waals surface area contributed by atoms with Crippen molar-refractivity contribution in [3.63, 3.8) is 0 Å². The average Bonchev–Trinajstić information content (AvgIpc) is 3.56. The molecule has 2 aliphatic carbocycles. The van der Waals surface area contributed by atoms with Gasteiger partial charge in [-0.3, -0.25) is 4.57 Å². The number of para-hydroxylation sites is 4. The van der Waals surface area contributed by atoms with Gasteiger partial charge in [-0.15, -0.1) is 0 Å². The monoisotopic (exact) mass is 542 g/mol. The molecule has 202 valence electrons. The number of ether oxygens (including phenoxy) is 1. The molecule has 0 saturated heterocycles. The van der Waals surface area contributed by atoms with Crippen LogP contribution in [0.3, 0.4) is 0 Å². The molecule has 0 amide bonds. The van der Waals surface area contributed by atoms with Gasteiger partial charge >= 0.3 is 0 Å².